The number of rotatable bonds is 5. The zero-order valence-electron chi connectivity index (χ0n) is 11.9. The molecule has 0 aliphatic heterocycles. The Hall–Kier alpha value is -1.55. The molecule has 1 aliphatic rings. The molecule has 1 fully saturated rings. The van der Waals surface area contributed by atoms with Crippen molar-refractivity contribution in [1.82, 2.24) is 4.90 Å². The molecule has 0 spiro atoms. The molecule has 3 N–H and O–H groups in total. The van der Waals surface area contributed by atoms with Crippen LogP contribution in [0.5, 0.6) is 5.75 Å². The zero-order chi connectivity index (χ0) is 14.4. The topological polar surface area (TPSA) is 66.6 Å². The van der Waals surface area contributed by atoms with Gasteiger partial charge in [-0.3, -0.25) is 4.79 Å². The third-order valence-electron chi connectivity index (χ3n) is 3.97. The van der Waals surface area contributed by atoms with Gasteiger partial charge in [0.1, 0.15) is 5.75 Å². The first-order valence-corrected chi connectivity index (χ1v) is 7.52. The minimum atomic E-state index is 0.0150. The van der Waals surface area contributed by atoms with Crippen molar-refractivity contribution in [3.8, 4) is 5.75 Å². The number of benzene rings is 1. The van der Waals surface area contributed by atoms with Crippen LogP contribution in [0.3, 0.4) is 0 Å². The summed E-state index contributed by atoms with van der Waals surface area (Å²) in [5, 5.41) is 9.54. The molecule has 20 heavy (non-hydrogen) atoms. The Balaban J connectivity index is 2.14. The van der Waals surface area contributed by atoms with Crippen LogP contribution < -0.4 is 5.73 Å². The second-order valence-electron chi connectivity index (χ2n) is 5.48. The minimum absolute atomic E-state index is 0.0150. The van der Waals surface area contributed by atoms with Crippen LogP contribution in [-0.2, 0) is 0 Å². The number of aromatic hydroxyl groups is 1. The van der Waals surface area contributed by atoms with Crippen LogP contribution in [0.4, 0.5) is 0 Å². The van der Waals surface area contributed by atoms with Crippen LogP contribution >= 0.6 is 0 Å². The number of phenols is 1. The van der Waals surface area contributed by atoms with E-state index < -0.39 is 0 Å². The maximum absolute atomic E-state index is 12.7. The van der Waals surface area contributed by atoms with Gasteiger partial charge < -0.3 is 15.7 Å². The highest BCUT2D eigenvalue weighted by Gasteiger charge is 2.25. The molecule has 1 saturated carbocycles. The van der Waals surface area contributed by atoms with Gasteiger partial charge in [-0.2, -0.15) is 0 Å². The van der Waals surface area contributed by atoms with Gasteiger partial charge in [0.15, 0.2) is 0 Å². The number of hydrogen-bond donors (Lipinski definition) is 2. The number of amides is 1. The minimum Gasteiger partial charge on any atom is -0.508 e. The van der Waals surface area contributed by atoms with Crippen molar-refractivity contribution >= 4 is 5.91 Å². The van der Waals surface area contributed by atoms with Gasteiger partial charge in [-0.1, -0.05) is 25.3 Å². The fourth-order valence-electron chi connectivity index (χ4n) is 2.91. The summed E-state index contributed by atoms with van der Waals surface area (Å²) in [6.07, 6.45) is 6.63. The number of hydrogen-bond acceptors (Lipinski definition) is 3. The molecule has 1 aromatic rings. The zero-order valence-corrected chi connectivity index (χ0v) is 11.9. The molecule has 0 saturated heterocycles. The average molecular weight is 276 g/mol. The smallest absolute Gasteiger partial charge is 0.254 e. The Bertz CT molecular complexity index is 442. The van der Waals surface area contributed by atoms with E-state index in [1.165, 1.54) is 19.3 Å². The van der Waals surface area contributed by atoms with E-state index in [-0.39, 0.29) is 11.7 Å². The number of nitrogens with zero attached hydrogens (tertiary/aromatic N) is 1. The summed E-state index contributed by atoms with van der Waals surface area (Å²) in [6.45, 7) is 1.30. The van der Waals surface area contributed by atoms with Gasteiger partial charge in [0.25, 0.3) is 5.91 Å². The molecule has 0 radical (unpaired) electrons. The molecular weight excluding hydrogens is 252 g/mol. The van der Waals surface area contributed by atoms with Crippen LogP contribution in [-0.4, -0.2) is 35.0 Å². The molecule has 4 nitrogen and oxygen atoms in total. The molecule has 1 amide bonds. The van der Waals surface area contributed by atoms with Crippen molar-refractivity contribution in [2.24, 2.45) is 5.73 Å². The molecule has 1 aromatic carbocycles. The largest absolute Gasteiger partial charge is 0.508 e. The predicted molar refractivity (Wildman–Crippen MR) is 79.7 cm³/mol. The van der Waals surface area contributed by atoms with E-state index in [1.54, 1.807) is 24.3 Å². The molecule has 110 valence electrons. The van der Waals surface area contributed by atoms with Crippen LogP contribution in [0.1, 0.15) is 48.9 Å². The second kappa shape index (κ2) is 7.29. The van der Waals surface area contributed by atoms with E-state index in [4.69, 9.17) is 5.73 Å². The van der Waals surface area contributed by atoms with E-state index in [1.807, 2.05) is 4.90 Å². The molecule has 0 bridgehead atoms. The molecule has 0 atom stereocenters. The maximum Gasteiger partial charge on any atom is 0.254 e. The standard InChI is InChI=1S/C16H24N2O2/c17-10-5-11-18(14-7-2-1-3-8-14)16(20)13-6-4-9-15(19)12-13/h4,6,9,12,14,19H,1-3,5,7-8,10-11,17H2. The van der Waals surface area contributed by atoms with Crippen molar-refractivity contribution in [3.63, 3.8) is 0 Å². The fraction of sp³-hybridized carbons (Fsp3) is 0.562. The van der Waals surface area contributed by atoms with Crippen LogP contribution in [0.15, 0.2) is 24.3 Å². The predicted octanol–water partition coefficient (Wildman–Crippen LogP) is 2.52. The lowest BCUT2D eigenvalue weighted by molar-refractivity contribution is 0.0632. The Morgan fingerprint density at radius 2 is 2.05 bits per heavy atom. The van der Waals surface area contributed by atoms with Gasteiger partial charge in [0, 0.05) is 18.2 Å². The molecule has 4 heteroatoms. The summed E-state index contributed by atoms with van der Waals surface area (Å²) in [7, 11) is 0. The van der Waals surface area contributed by atoms with E-state index in [0.717, 1.165) is 19.3 Å². The molecule has 0 heterocycles. The monoisotopic (exact) mass is 276 g/mol. The van der Waals surface area contributed by atoms with Crippen molar-refractivity contribution < 1.29 is 9.90 Å². The highest BCUT2D eigenvalue weighted by atomic mass is 16.3. The Kier molecular flexibility index (Phi) is 5.41. The normalized spacial score (nSPS) is 16.1. The van der Waals surface area contributed by atoms with Crippen LogP contribution in [0.2, 0.25) is 0 Å². The van der Waals surface area contributed by atoms with Crippen LogP contribution in [0, 0.1) is 0 Å². The van der Waals surface area contributed by atoms with Gasteiger partial charge in [-0.05, 0) is 44.0 Å². The van der Waals surface area contributed by atoms with E-state index in [2.05, 4.69) is 0 Å². The van der Waals surface area contributed by atoms with Crippen molar-refractivity contribution in [1.29, 1.82) is 0 Å². The fourth-order valence-corrected chi connectivity index (χ4v) is 2.91. The van der Waals surface area contributed by atoms with Gasteiger partial charge in [-0.15, -0.1) is 0 Å². The molecule has 1 aliphatic carbocycles. The number of carbonyl (C=O) groups excluding carboxylic acids is 1. The first-order chi connectivity index (χ1) is 9.72. The first kappa shape index (κ1) is 14.9. The van der Waals surface area contributed by atoms with Gasteiger partial charge in [-0.25, -0.2) is 0 Å². The first-order valence-electron chi connectivity index (χ1n) is 7.52. The SMILES string of the molecule is NCCCN(C(=O)c1cccc(O)c1)C1CCCCC1. The number of carbonyl (C=O) groups is 1. The van der Waals surface area contributed by atoms with Crippen molar-refractivity contribution in [2.75, 3.05) is 13.1 Å². The third-order valence-corrected chi connectivity index (χ3v) is 3.97. The lowest BCUT2D eigenvalue weighted by Gasteiger charge is -2.34. The third kappa shape index (κ3) is 3.73. The molecular formula is C16H24N2O2. The van der Waals surface area contributed by atoms with E-state index >= 15 is 0 Å². The quantitative estimate of drug-likeness (QED) is 0.868. The number of phenolic OH excluding ortho intramolecular Hbond substituents is 1. The van der Waals surface area contributed by atoms with E-state index in [9.17, 15) is 9.90 Å². The summed E-state index contributed by atoms with van der Waals surface area (Å²) >= 11 is 0. The molecule has 0 unspecified atom stereocenters. The Morgan fingerprint density at radius 1 is 1.30 bits per heavy atom. The molecule has 0 aromatic heterocycles. The lowest BCUT2D eigenvalue weighted by atomic mass is 9.93. The molecule has 2 rings (SSSR count). The maximum atomic E-state index is 12.7. The van der Waals surface area contributed by atoms with E-state index in [0.29, 0.717) is 24.7 Å². The van der Waals surface area contributed by atoms with Gasteiger partial charge in [0.2, 0.25) is 0 Å². The van der Waals surface area contributed by atoms with Gasteiger partial charge in [0.05, 0.1) is 0 Å². The average Bonchev–Trinajstić information content (AvgIpc) is 2.48. The van der Waals surface area contributed by atoms with Crippen molar-refractivity contribution in [3.05, 3.63) is 29.8 Å². The Morgan fingerprint density at radius 3 is 2.70 bits per heavy atom. The highest BCUT2D eigenvalue weighted by Crippen LogP contribution is 2.25. The van der Waals surface area contributed by atoms with Gasteiger partial charge >= 0.3 is 0 Å². The summed E-state index contributed by atoms with van der Waals surface area (Å²) in [5.41, 5.74) is 6.15. The Labute approximate surface area is 120 Å². The van der Waals surface area contributed by atoms with Crippen LogP contribution in [0.25, 0.3) is 0 Å². The summed E-state index contributed by atoms with van der Waals surface area (Å²) in [6, 6.07) is 6.93. The highest BCUT2D eigenvalue weighted by molar-refractivity contribution is 5.94. The number of nitrogens with two attached hydrogens (primary N) is 1. The summed E-state index contributed by atoms with van der Waals surface area (Å²) in [4.78, 5) is 14.6. The second-order valence-corrected chi connectivity index (χ2v) is 5.48. The van der Waals surface area contributed by atoms with Crippen molar-refractivity contribution in [2.45, 2.75) is 44.6 Å². The summed E-state index contributed by atoms with van der Waals surface area (Å²) in [5.74, 6) is 0.152. The summed E-state index contributed by atoms with van der Waals surface area (Å²) < 4.78 is 0. The lowest BCUT2D eigenvalue weighted by Crippen LogP contribution is -2.42.